The molecule has 2 N–H and O–H groups in total. The van der Waals surface area contributed by atoms with E-state index in [1.54, 1.807) is 12.0 Å². The minimum absolute atomic E-state index is 0.153. The molecule has 0 fully saturated rings. The highest BCUT2D eigenvalue weighted by Gasteiger charge is 2.07. The Bertz CT molecular complexity index is 418. The maximum atomic E-state index is 10.2. The van der Waals surface area contributed by atoms with E-state index in [0.29, 0.717) is 12.0 Å². The zero-order valence-electron chi connectivity index (χ0n) is 7.64. The zero-order chi connectivity index (χ0) is 11.3. The third kappa shape index (κ3) is 3.17. The van der Waals surface area contributed by atoms with Crippen molar-refractivity contribution in [3.8, 4) is 11.5 Å². The van der Waals surface area contributed by atoms with Crippen molar-refractivity contribution in [2.24, 2.45) is 0 Å². The lowest BCUT2D eigenvalue weighted by atomic mass is 10.1. The molecule has 0 unspecified atom stereocenters. The van der Waals surface area contributed by atoms with Crippen LogP contribution in [0.1, 0.15) is 5.56 Å². The average Bonchev–Trinajstić information content (AvgIpc) is 2.18. The summed E-state index contributed by atoms with van der Waals surface area (Å²) in [4.78, 5) is 20.2. The molecule has 0 aliphatic heterocycles. The lowest BCUT2D eigenvalue weighted by Crippen LogP contribution is -2.03. The van der Waals surface area contributed by atoms with E-state index in [9.17, 15) is 14.7 Å². The van der Waals surface area contributed by atoms with Crippen molar-refractivity contribution in [2.45, 2.75) is 6.42 Å². The van der Waals surface area contributed by atoms with Crippen LogP contribution in [-0.2, 0) is 11.2 Å². The molecule has 1 rings (SSSR count). The van der Waals surface area contributed by atoms with Crippen molar-refractivity contribution in [3.05, 3.63) is 29.8 Å². The van der Waals surface area contributed by atoms with Gasteiger partial charge < -0.3 is 14.9 Å². The quantitative estimate of drug-likeness (QED) is 0.445. The number of carbonyl (C=O) groups is 1. The Morgan fingerprint density at radius 1 is 1.53 bits per heavy atom. The Hall–Kier alpha value is -2.26. The molecule has 0 saturated heterocycles. The monoisotopic (exact) mass is 208 g/mol. The van der Waals surface area contributed by atoms with Gasteiger partial charge in [-0.25, -0.2) is 9.59 Å². The van der Waals surface area contributed by atoms with E-state index < -0.39 is 6.16 Å². The van der Waals surface area contributed by atoms with E-state index in [-0.39, 0.29) is 11.5 Å². The SMILES string of the molecule is O=C=CCc1ccc(O)c(OC(=O)O)c1. The number of ether oxygens (including phenoxy) is 1. The minimum atomic E-state index is -1.51. The number of hydrogen-bond donors (Lipinski definition) is 2. The fourth-order valence-electron chi connectivity index (χ4n) is 1.02. The van der Waals surface area contributed by atoms with Crippen LogP contribution in [0.4, 0.5) is 4.79 Å². The first-order valence-electron chi connectivity index (χ1n) is 4.05. The van der Waals surface area contributed by atoms with Crippen LogP contribution in [-0.4, -0.2) is 22.3 Å². The largest absolute Gasteiger partial charge is 0.511 e. The molecule has 15 heavy (non-hydrogen) atoms. The number of phenolic OH excluding ortho intramolecular Hbond substituents is 1. The molecule has 0 spiro atoms. The standard InChI is InChI=1S/C10H8O5/c11-5-1-2-7-3-4-8(12)9(6-7)15-10(13)14/h1,3-4,6,12H,2H2,(H,13,14). The summed E-state index contributed by atoms with van der Waals surface area (Å²) in [5.74, 6) is 1.18. The van der Waals surface area contributed by atoms with Gasteiger partial charge in [-0.3, -0.25) is 0 Å². The van der Waals surface area contributed by atoms with Gasteiger partial charge in [-0.15, -0.1) is 0 Å². The van der Waals surface area contributed by atoms with Gasteiger partial charge >= 0.3 is 6.16 Å². The molecule has 5 heteroatoms. The smallest absolute Gasteiger partial charge is 0.504 e. The first-order chi connectivity index (χ1) is 7.13. The Morgan fingerprint density at radius 2 is 2.27 bits per heavy atom. The van der Waals surface area contributed by atoms with Crippen LogP contribution in [0.3, 0.4) is 0 Å². The maximum Gasteiger partial charge on any atom is 0.511 e. The second-order valence-electron chi connectivity index (χ2n) is 2.70. The molecule has 0 saturated carbocycles. The van der Waals surface area contributed by atoms with E-state index >= 15 is 0 Å². The van der Waals surface area contributed by atoms with Crippen molar-refractivity contribution in [2.75, 3.05) is 0 Å². The van der Waals surface area contributed by atoms with Crippen LogP contribution in [0.2, 0.25) is 0 Å². The van der Waals surface area contributed by atoms with E-state index in [0.717, 1.165) is 0 Å². The summed E-state index contributed by atoms with van der Waals surface area (Å²) in [6, 6.07) is 4.20. The molecule has 1 aromatic rings. The van der Waals surface area contributed by atoms with Crippen molar-refractivity contribution >= 4 is 12.1 Å². The van der Waals surface area contributed by atoms with E-state index in [4.69, 9.17) is 5.11 Å². The number of rotatable bonds is 3. The van der Waals surface area contributed by atoms with Crippen LogP contribution in [0.15, 0.2) is 24.3 Å². The number of hydrogen-bond acceptors (Lipinski definition) is 4. The van der Waals surface area contributed by atoms with Crippen LogP contribution in [0.25, 0.3) is 0 Å². The van der Waals surface area contributed by atoms with Gasteiger partial charge in [-0.1, -0.05) is 6.07 Å². The Morgan fingerprint density at radius 3 is 2.87 bits per heavy atom. The fourth-order valence-corrected chi connectivity index (χ4v) is 1.02. The summed E-state index contributed by atoms with van der Waals surface area (Å²) in [5.41, 5.74) is 0.646. The van der Waals surface area contributed by atoms with Crippen LogP contribution in [0, 0.1) is 0 Å². The minimum Gasteiger partial charge on any atom is -0.504 e. The fraction of sp³-hybridized carbons (Fsp3) is 0.100. The molecule has 0 radical (unpaired) electrons. The van der Waals surface area contributed by atoms with Crippen LogP contribution >= 0.6 is 0 Å². The summed E-state index contributed by atoms with van der Waals surface area (Å²) < 4.78 is 4.32. The normalized spacial score (nSPS) is 9.07. The maximum absolute atomic E-state index is 10.2. The summed E-state index contributed by atoms with van der Waals surface area (Å²) in [7, 11) is 0. The average molecular weight is 208 g/mol. The second kappa shape index (κ2) is 4.83. The van der Waals surface area contributed by atoms with Gasteiger partial charge in [0.15, 0.2) is 11.5 Å². The predicted molar refractivity (Wildman–Crippen MR) is 50.7 cm³/mol. The number of benzene rings is 1. The molecule has 0 heterocycles. The highest BCUT2D eigenvalue weighted by Crippen LogP contribution is 2.27. The van der Waals surface area contributed by atoms with E-state index in [1.165, 1.54) is 18.2 Å². The molecule has 5 nitrogen and oxygen atoms in total. The Labute approximate surface area is 85.2 Å². The molecular weight excluding hydrogens is 200 g/mol. The highest BCUT2D eigenvalue weighted by atomic mass is 16.7. The number of carboxylic acid groups (broad SMARTS) is 1. The molecule has 78 valence electrons. The number of aromatic hydroxyl groups is 1. The van der Waals surface area contributed by atoms with Crippen molar-refractivity contribution in [1.29, 1.82) is 0 Å². The molecule has 0 atom stereocenters. The van der Waals surface area contributed by atoms with Gasteiger partial charge in [0.05, 0.1) is 0 Å². The molecule has 0 aromatic heterocycles. The molecule has 0 bridgehead atoms. The van der Waals surface area contributed by atoms with Crippen LogP contribution < -0.4 is 4.74 Å². The van der Waals surface area contributed by atoms with Crippen molar-refractivity contribution in [3.63, 3.8) is 0 Å². The third-order valence-electron chi connectivity index (χ3n) is 1.64. The predicted octanol–water partition coefficient (Wildman–Crippen LogP) is 1.38. The molecule has 0 aliphatic rings. The van der Waals surface area contributed by atoms with E-state index in [1.807, 2.05) is 0 Å². The second-order valence-corrected chi connectivity index (χ2v) is 2.70. The van der Waals surface area contributed by atoms with Gasteiger partial charge in [0.25, 0.3) is 0 Å². The van der Waals surface area contributed by atoms with Crippen molar-refractivity contribution < 1.29 is 24.5 Å². The van der Waals surface area contributed by atoms with Gasteiger partial charge in [-0.2, -0.15) is 0 Å². The first kappa shape index (κ1) is 10.8. The summed E-state index contributed by atoms with van der Waals surface area (Å²) in [6.45, 7) is 0. The number of allylic oxidation sites excluding steroid dienone is 1. The van der Waals surface area contributed by atoms with Crippen molar-refractivity contribution in [1.82, 2.24) is 0 Å². The lowest BCUT2D eigenvalue weighted by molar-refractivity contribution is 0.143. The third-order valence-corrected chi connectivity index (χ3v) is 1.64. The van der Waals surface area contributed by atoms with Gasteiger partial charge in [0.1, 0.15) is 5.94 Å². The Balaban J connectivity index is 2.93. The highest BCUT2D eigenvalue weighted by molar-refractivity contribution is 5.63. The van der Waals surface area contributed by atoms with Gasteiger partial charge in [0, 0.05) is 12.5 Å². The molecular formula is C10H8O5. The van der Waals surface area contributed by atoms with Gasteiger partial charge in [-0.05, 0) is 17.7 Å². The van der Waals surface area contributed by atoms with Crippen LogP contribution in [0.5, 0.6) is 11.5 Å². The van der Waals surface area contributed by atoms with E-state index in [2.05, 4.69) is 4.74 Å². The van der Waals surface area contributed by atoms with Gasteiger partial charge in [0.2, 0.25) is 0 Å². The number of phenols is 1. The molecule has 1 aromatic carbocycles. The first-order valence-corrected chi connectivity index (χ1v) is 4.05. The summed E-state index contributed by atoms with van der Waals surface area (Å²) in [6.07, 6.45) is 0.0461. The number of carbonyl (C=O) groups excluding carboxylic acids is 1. The molecule has 0 aliphatic carbocycles. The zero-order valence-corrected chi connectivity index (χ0v) is 7.64. The summed E-state index contributed by atoms with van der Waals surface area (Å²) in [5, 5.41) is 17.6. The Kier molecular flexibility index (Phi) is 3.49. The summed E-state index contributed by atoms with van der Waals surface area (Å²) >= 11 is 0. The lowest BCUT2D eigenvalue weighted by Gasteiger charge is -2.04. The molecule has 0 amide bonds. The topological polar surface area (TPSA) is 83.8 Å².